The van der Waals surface area contributed by atoms with Crippen molar-refractivity contribution in [2.45, 2.75) is 45.3 Å². The third-order valence-electron chi connectivity index (χ3n) is 2.44. The third-order valence-corrected chi connectivity index (χ3v) is 2.44. The summed E-state index contributed by atoms with van der Waals surface area (Å²) in [4.78, 5) is 10.6. The summed E-state index contributed by atoms with van der Waals surface area (Å²) >= 11 is 0. The molecule has 1 unspecified atom stereocenters. The summed E-state index contributed by atoms with van der Waals surface area (Å²) in [6.45, 7) is 5.78. The lowest BCUT2D eigenvalue weighted by atomic mass is 9.97. The van der Waals surface area contributed by atoms with Crippen molar-refractivity contribution in [2.24, 2.45) is 5.73 Å². The van der Waals surface area contributed by atoms with Crippen molar-refractivity contribution < 1.29 is 14.6 Å². The van der Waals surface area contributed by atoms with Gasteiger partial charge in [0.15, 0.2) is 6.10 Å². The fraction of sp³-hybridized carbons (Fsp3) is 0.889. The largest absolute Gasteiger partial charge is 0.479 e. The molecule has 0 bridgehead atoms. The Balaban J connectivity index is 4.32. The van der Waals surface area contributed by atoms with E-state index >= 15 is 0 Å². The molecule has 0 saturated heterocycles. The van der Waals surface area contributed by atoms with Gasteiger partial charge in [0.05, 0.1) is 5.60 Å². The van der Waals surface area contributed by atoms with Crippen LogP contribution in [0.2, 0.25) is 0 Å². The molecule has 4 nitrogen and oxygen atoms in total. The van der Waals surface area contributed by atoms with Crippen molar-refractivity contribution in [2.75, 3.05) is 6.54 Å². The zero-order valence-electron chi connectivity index (χ0n) is 8.54. The van der Waals surface area contributed by atoms with Gasteiger partial charge in [-0.05, 0) is 19.8 Å². The van der Waals surface area contributed by atoms with E-state index in [4.69, 9.17) is 15.6 Å². The van der Waals surface area contributed by atoms with Gasteiger partial charge in [0, 0.05) is 6.54 Å². The molecule has 0 amide bonds. The van der Waals surface area contributed by atoms with Crippen molar-refractivity contribution in [1.29, 1.82) is 0 Å². The van der Waals surface area contributed by atoms with Gasteiger partial charge in [-0.3, -0.25) is 0 Å². The van der Waals surface area contributed by atoms with E-state index in [0.29, 0.717) is 6.54 Å². The maximum absolute atomic E-state index is 10.6. The standard InChI is InChI=1S/C9H19NO3/c1-4-9(5-2,6-10)13-7(3)8(11)12/h7H,4-6,10H2,1-3H3,(H,11,12). The molecular formula is C9H19NO3. The van der Waals surface area contributed by atoms with E-state index < -0.39 is 17.7 Å². The van der Waals surface area contributed by atoms with Crippen molar-refractivity contribution in [3.63, 3.8) is 0 Å². The smallest absolute Gasteiger partial charge is 0.332 e. The number of carboxylic acid groups (broad SMARTS) is 1. The number of hydrogen-bond acceptors (Lipinski definition) is 3. The predicted molar refractivity (Wildman–Crippen MR) is 50.6 cm³/mol. The molecule has 0 fully saturated rings. The first kappa shape index (κ1) is 12.4. The van der Waals surface area contributed by atoms with Crippen molar-refractivity contribution in [3.05, 3.63) is 0 Å². The molecule has 0 spiro atoms. The van der Waals surface area contributed by atoms with Crippen molar-refractivity contribution in [3.8, 4) is 0 Å². The number of aliphatic carboxylic acids is 1. The first-order chi connectivity index (χ1) is 6.01. The number of rotatable bonds is 6. The van der Waals surface area contributed by atoms with Gasteiger partial charge in [0.25, 0.3) is 0 Å². The van der Waals surface area contributed by atoms with Gasteiger partial charge in [0.1, 0.15) is 0 Å². The van der Waals surface area contributed by atoms with E-state index in [0.717, 1.165) is 12.8 Å². The summed E-state index contributed by atoms with van der Waals surface area (Å²) in [5.41, 5.74) is 5.08. The predicted octanol–water partition coefficient (Wildman–Crippen LogP) is 0.994. The van der Waals surface area contributed by atoms with Gasteiger partial charge in [0.2, 0.25) is 0 Å². The Morgan fingerprint density at radius 2 is 2.00 bits per heavy atom. The Bertz CT molecular complexity index is 158. The van der Waals surface area contributed by atoms with Gasteiger partial charge in [-0.1, -0.05) is 13.8 Å². The lowest BCUT2D eigenvalue weighted by molar-refractivity contribution is -0.162. The topological polar surface area (TPSA) is 72.5 Å². The minimum atomic E-state index is -0.945. The van der Waals surface area contributed by atoms with Crippen LogP contribution in [-0.2, 0) is 9.53 Å². The Morgan fingerprint density at radius 3 is 2.23 bits per heavy atom. The van der Waals surface area contributed by atoms with Crippen molar-refractivity contribution >= 4 is 5.97 Å². The fourth-order valence-corrected chi connectivity index (χ4v) is 1.18. The zero-order valence-corrected chi connectivity index (χ0v) is 8.54. The molecule has 4 heteroatoms. The quantitative estimate of drug-likeness (QED) is 0.653. The second-order valence-electron chi connectivity index (χ2n) is 3.19. The molecular weight excluding hydrogens is 170 g/mol. The van der Waals surface area contributed by atoms with Crippen LogP contribution < -0.4 is 5.73 Å². The summed E-state index contributed by atoms with van der Waals surface area (Å²) in [6, 6.07) is 0. The second-order valence-corrected chi connectivity index (χ2v) is 3.19. The maximum atomic E-state index is 10.6. The van der Waals surface area contributed by atoms with Crippen LogP contribution >= 0.6 is 0 Å². The Kier molecular flexibility index (Phi) is 4.95. The lowest BCUT2D eigenvalue weighted by Gasteiger charge is -2.32. The van der Waals surface area contributed by atoms with Crippen LogP contribution in [0.1, 0.15) is 33.6 Å². The van der Waals surface area contributed by atoms with Crippen LogP contribution in [0.4, 0.5) is 0 Å². The molecule has 78 valence electrons. The minimum Gasteiger partial charge on any atom is -0.479 e. The third kappa shape index (κ3) is 3.32. The zero-order chi connectivity index (χ0) is 10.5. The van der Waals surface area contributed by atoms with Crippen LogP contribution in [-0.4, -0.2) is 29.3 Å². The summed E-state index contributed by atoms with van der Waals surface area (Å²) in [5, 5.41) is 8.67. The van der Waals surface area contributed by atoms with Crippen LogP contribution in [0.15, 0.2) is 0 Å². The lowest BCUT2D eigenvalue weighted by Crippen LogP contribution is -2.43. The van der Waals surface area contributed by atoms with Crippen LogP contribution in [0.5, 0.6) is 0 Å². The summed E-state index contributed by atoms with van der Waals surface area (Å²) in [6.07, 6.45) is 0.679. The average Bonchev–Trinajstić information content (AvgIpc) is 2.14. The average molecular weight is 189 g/mol. The second kappa shape index (κ2) is 5.19. The molecule has 1 atom stereocenters. The van der Waals surface area contributed by atoms with E-state index in [9.17, 15) is 4.79 Å². The molecule has 0 aromatic rings. The Labute approximate surface area is 79.1 Å². The summed E-state index contributed by atoms with van der Waals surface area (Å²) < 4.78 is 5.42. The molecule has 0 aromatic carbocycles. The molecule has 0 aliphatic heterocycles. The molecule has 13 heavy (non-hydrogen) atoms. The van der Waals surface area contributed by atoms with Gasteiger partial charge in [-0.2, -0.15) is 0 Å². The fourth-order valence-electron chi connectivity index (χ4n) is 1.18. The van der Waals surface area contributed by atoms with Gasteiger partial charge < -0.3 is 15.6 Å². The molecule has 0 aromatic heterocycles. The number of carboxylic acids is 1. The van der Waals surface area contributed by atoms with Crippen LogP contribution in [0.3, 0.4) is 0 Å². The Morgan fingerprint density at radius 1 is 1.54 bits per heavy atom. The number of carbonyl (C=O) groups is 1. The van der Waals surface area contributed by atoms with E-state index in [1.807, 2.05) is 13.8 Å². The number of hydrogen-bond donors (Lipinski definition) is 2. The van der Waals surface area contributed by atoms with Crippen LogP contribution in [0, 0.1) is 0 Å². The molecule has 0 heterocycles. The maximum Gasteiger partial charge on any atom is 0.332 e. The van der Waals surface area contributed by atoms with E-state index in [1.54, 1.807) is 0 Å². The molecule has 0 radical (unpaired) electrons. The molecule has 0 rings (SSSR count). The molecule has 3 N–H and O–H groups in total. The molecule has 0 aliphatic rings. The minimum absolute atomic E-state index is 0.359. The normalized spacial score (nSPS) is 14.2. The number of ether oxygens (including phenoxy) is 1. The number of nitrogens with two attached hydrogens (primary N) is 1. The summed E-state index contributed by atoms with van der Waals surface area (Å²) in [7, 11) is 0. The van der Waals surface area contributed by atoms with Crippen molar-refractivity contribution in [1.82, 2.24) is 0 Å². The molecule has 0 aliphatic carbocycles. The highest BCUT2D eigenvalue weighted by Crippen LogP contribution is 2.20. The summed E-state index contributed by atoms with van der Waals surface area (Å²) in [5.74, 6) is -0.945. The van der Waals surface area contributed by atoms with E-state index in [2.05, 4.69) is 0 Å². The van der Waals surface area contributed by atoms with Gasteiger partial charge in [-0.25, -0.2) is 4.79 Å². The highest BCUT2D eigenvalue weighted by Gasteiger charge is 2.29. The highest BCUT2D eigenvalue weighted by atomic mass is 16.5. The van der Waals surface area contributed by atoms with Gasteiger partial charge in [-0.15, -0.1) is 0 Å². The first-order valence-corrected chi connectivity index (χ1v) is 4.62. The van der Waals surface area contributed by atoms with Crippen LogP contribution in [0.25, 0.3) is 0 Å². The highest BCUT2D eigenvalue weighted by molar-refractivity contribution is 5.71. The first-order valence-electron chi connectivity index (χ1n) is 4.62. The molecule has 0 saturated carbocycles. The monoisotopic (exact) mass is 189 g/mol. The Hall–Kier alpha value is -0.610. The van der Waals surface area contributed by atoms with E-state index in [1.165, 1.54) is 6.92 Å². The van der Waals surface area contributed by atoms with E-state index in [-0.39, 0.29) is 0 Å². The van der Waals surface area contributed by atoms with Gasteiger partial charge >= 0.3 is 5.97 Å². The SMILES string of the molecule is CCC(CC)(CN)OC(C)C(=O)O.